The van der Waals surface area contributed by atoms with Crippen LogP contribution in [-0.2, 0) is 11.3 Å². The van der Waals surface area contributed by atoms with Gasteiger partial charge in [-0.15, -0.1) is 0 Å². The molecule has 0 saturated carbocycles. The zero-order valence-corrected chi connectivity index (χ0v) is 10.4. The Morgan fingerprint density at radius 2 is 2.12 bits per heavy atom. The number of benzene rings is 1. The highest BCUT2D eigenvalue weighted by Gasteiger charge is 2.03. The molecule has 1 aromatic carbocycles. The summed E-state index contributed by atoms with van der Waals surface area (Å²) in [5, 5.41) is 1.91. The average Bonchev–Trinajstić information content (AvgIpc) is 2.63. The van der Waals surface area contributed by atoms with E-state index in [0.29, 0.717) is 0 Å². The Kier molecular flexibility index (Phi) is 3.52. The van der Waals surface area contributed by atoms with Crippen LogP contribution in [0.15, 0.2) is 30.5 Å². The van der Waals surface area contributed by atoms with Crippen LogP contribution in [0.4, 0.5) is 0 Å². The normalized spacial score (nSPS) is 11.5. The molecule has 0 saturated heterocycles. The summed E-state index contributed by atoms with van der Waals surface area (Å²) in [6.07, 6.45) is 2.34. The molecule has 16 heavy (non-hydrogen) atoms. The summed E-state index contributed by atoms with van der Waals surface area (Å²) >= 11 is 6.11. The standard InChI is InChI=1S/C13H16ClNO/c1-10(2)16-9-8-15-7-6-11-12(14)4-3-5-13(11)15/h3-7,10H,8-9H2,1-2H3. The molecule has 1 heterocycles. The molecule has 0 aliphatic heterocycles. The van der Waals surface area contributed by atoms with E-state index in [1.165, 1.54) is 5.52 Å². The van der Waals surface area contributed by atoms with Gasteiger partial charge in [0.25, 0.3) is 0 Å². The van der Waals surface area contributed by atoms with Gasteiger partial charge in [0.15, 0.2) is 0 Å². The third-order valence-corrected chi connectivity index (χ3v) is 2.87. The van der Waals surface area contributed by atoms with Crippen molar-refractivity contribution in [1.29, 1.82) is 0 Å². The highest BCUT2D eigenvalue weighted by Crippen LogP contribution is 2.23. The van der Waals surface area contributed by atoms with Gasteiger partial charge in [0.05, 0.1) is 12.7 Å². The smallest absolute Gasteiger partial charge is 0.0649 e. The Labute approximate surface area is 101 Å². The second kappa shape index (κ2) is 4.89. The highest BCUT2D eigenvalue weighted by atomic mass is 35.5. The fraction of sp³-hybridized carbons (Fsp3) is 0.385. The minimum atomic E-state index is 0.283. The first-order valence-electron chi connectivity index (χ1n) is 5.53. The molecule has 0 aliphatic rings. The lowest BCUT2D eigenvalue weighted by Crippen LogP contribution is -2.09. The molecule has 0 N–H and O–H groups in total. The summed E-state index contributed by atoms with van der Waals surface area (Å²) in [5.74, 6) is 0. The molecule has 2 nitrogen and oxygen atoms in total. The van der Waals surface area contributed by atoms with E-state index in [2.05, 4.69) is 16.8 Å². The molecular formula is C13H16ClNO. The molecule has 0 atom stereocenters. The second-order valence-corrected chi connectivity index (χ2v) is 4.51. The summed E-state index contributed by atoms with van der Waals surface area (Å²) in [6.45, 7) is 5.69. The number of hydrogen-bond acceptors (Lipinski definition) is 1. The molecule has 0 spiro atoms. The van der Waals surface area contributed by atoms with Crippen LogP contribution in [0, 0.1) is 0 Å². The van der Waals surface area contributed by atoms with E-state index >= 15 is 0 Å². The van der Waals surface area contributed by atoms with Crippen molar-refractivity contribution in [2.24, 2.45) is 0 Å². The van der Waals surface area contributed by atoms with Crippen LogP contribution in [-0.4, -0.2) is 17.3 Å². The predicted molar refractivity (Wildman–Crippen MR) is 68.0 cm³/mol. The van der Waals surface area contributed by atoms with E-state index in [0.717, 1.165) is 23.6 Å². The number of hydrogen-bond donors (Lipinski definition) is 0. The zero-order chi connectivity index (χ0) is 11.5. The van der Waals surface area contributed by atoms with Crippen molar-refractivity contribution in [2.75, 3.05) is 6.61 Å². The minimum absolute atomic E-state index is 0.283. The molecule has 3 heteroatoms. The molecule has 2 rings (SSSR count). The second-order valence-electron chi connectivity index (χ2n) is 4.10. The van der Waals surface area contributed by atoms with Gasteiger partial charge in [-0.25, -0.2) is 0 Å². The summed E-state index contributed by atoms with van der Waals surface area (Å²) in [4.78, 5) is 0. The number of aromatic nitrogens is 1. The third-order valence-electron chi connectivity index (χ3n) is 2.54. The van der Waals surface area contributed by atoms with Crippen molar-refractivity contribution in [3.05, 3.63) is 35.5 Å². The Hall–Kier alpha value is -0.990. The van der Waals surface area contributed by atoms with Crippen molar-refractivity contribution >= 4 is 22.5 Å². The van der Waals surface area contributed by atoms with E-state index in [4.69, 9.17) is 16.3 Å². The number of ether oxygens (including phenoxy) is 1. The van der Waals surface area contributed by atoms with Crippen LogP contribution < -0.4 is 0 Å². The number of rotatable bonds is 4. The van der Waals surface area contributed by atoms with Gasteiger partial charge in [-0.1, -0.05) is 17.7 Å². The van der Waals surface area contributed by atoms with Gasteiger partial charge < -0.3 is 9.30 Å². The summed E-state index contributed by atoms with van der Waals surface area (Å²) < 4.78 is 7.71. The Bertz CT molecular complexity index is 476. The van der Waals surface area contributed by atoms with E-state index < -0.39 is 0 Å². The molecule has 2 aromatic rings. The Morgan fingerprint density at radius 1 is 1.31 bits per heavy atom. The molecule has 0 bridgehead atoms. The maximum absolute atomic E-state index is 6.11. The molecule has 0 radical (unpaired) electrons. The van der Waals surface area contributed by atoms with Crippen LogP contribution >= 0.6 is 11.6 Å². The van der Waals surface area contributed by atoms with Gasteiger partial charge in [-0.05, 0) is 32.0 Å². The lowest BCUT2D eigenvalue weighted by Gasteiger charge is -2.09. The van der Waals surface area contributed by atoms with Crippen LogP contribution in [0.1, 0.15) is 13.8 Å². The van der Waals surface area contributed by atoms with Crippen molar-refractivity contribution in [3.63, 3.8) is 0 Å². The largest absolute Gasteiger partial charge is 0.377 e. The van der Waals surface area contributed by atoms with Gasteiger partial charge in [0.1, 0.15) is 0 Å². The van der Waals surface area contributed by atoms with E-state index in [1.807, 2.05) is 32.0 Å². The van der Waals surface area contributed by atoms with E-state index in [-0.39, 0.29) is 6.10 Å². The number of halogens is 1. The van der Waals surface area contributed by atoms with Crippen molar-refractivity contribution < 1.29 is 4.74 Å². The van der Waals surface area contributed by atoms with Gasteiger partial charge in [0.2, 0.25) is 0 Å². The lowest BCUT2D eigenvalue weighted by molar-refractivity contribution is 0.0733. The molecule has 0 fully saturated rings. The van der Waals surface area contributed by atoms with E-state index in [1.54, 1.807) is 0 Å². The molecular weight excluding hydrogens is 222 g/mol. The molecule has 1 aromatic heterocycles. The Balaban J connectivity index is 2.16. The summed E-state index contributed by atoms with van der Waals surface area (Å²) in [5.41, 5.74) is 1.17. The molecule has 0 unspecified atom stereocenters. The van der Waals surface area contributed by atoms with Crippen LogP contribution in [0.2, 0.25) is 5.02 Å². The van der Waals surface area contributed by atoms with E-state index in [9.17, 15) is 0 Å². The zero-order valence-electron chi connectivity index (χ0n) is 9.61. The van der Waals surface area contributed by atoms with Crippen LogP contribution in [0.25, 0.3) is 10.9 Å². The first-order valence-corrected chi connectivity index (χ1v) is 5.91. The van der Waals surface area contributed by atoms with Gasteiger partial charge in [0, 0.05) is 28.7 Å². The lowest BCUT2D eigenvalue weighted by atomic mass is 10.2. The summed E-state index contributed by atoms with van der Waals surface area (Å²) in [7, 11) is 0. The predicted octanol–water partition coefficient (Wildman–Crippen LogP) is 3.72. The fourth-order valence-electron chi connectivity index (χ4n) is 1.77. The molecule has 0 amide bonds. The number of fused-ring (bicyclic) bond motifs is 1. The minimum Gasteiger partial charge on any atom is -0.377 e. The maximum Gasteiger partial charge on any atom is 0.0649 e. The van der Waals surface area contributed by atoms with Crippen LogP contribution in [0.5, 0.6) is 0 Å². The first kappa shape index (κ1) is 11.5. The highest BCUT2D eigenvalue weighted by molar-refractivity contribution is 6.35. The Morgan fingerprint density at radius 3 is 2.88 bits per heavy atom. The number of nitrogens with zero attached hydrogens (tertiary/aromatic N) is 1. The maximum atomic E-state index is 6.11. The van der Waals surface area contributed by atoms with Crippen molar-refractivity contribution in [1.82, 2.24) is 4.57 Å². The monoisotopic (exact) mass is 237 g/mol. The fourth-order valence-corrected chi connectivity index (χ4v) is 2.00. The SMILES string of the molecule is CC(C)OCCn1ccc2c(Cl)cccc21. The van der Waals surface area contributed by atoms with Gasteiger partial charge in [-0.3, -0.25) is 0 Å². The van der Waals surface area contributed by atoms with Gasteiger partial charge >= 0.3 is 0 Å². The topological polar surface area (TPSA) is 14.2 Å². The quantitative estimate of drug-likeness (QED) is 0.791. The van der Waals surface area contributed by atoms with Gasteiger partial charge in [-0.2, -0.15) is 0 Å². The molecule has 86 valence electrons. The van der Waals surface area contributed by atoms with Crippen molar-refractivity contribution in [3.8, 4) is 0 Å². The average molecular weight is 238 g/mol. The van der Waals surface area contributed by atoms with Crippen LogP contribution in [0.3, 0.4) is 0 Å². The van der Waals surface area contributed by atoms with Crippen molar-refractivity contribution in [2.45, 2.75) is 26.5 Å². The summed E-state index contributed by atoms with van der Waals surface area (Å²) in [6, 6.07) is 8.02. The molecule has 0 aliphatic carbocycles. The first-order chi connectivity index (χ1) is 7.68. The third kappa shape index (κ3) is 2.39.